The third-order valence-corrected chi connectivity index (χ3v) is 8.11. The minimum Gasteiger partial charge on any atom is -0.282 e. The largest absolute Gasteiger partial charge is 0.282 e. The van der Waals surface area contributed by atoms with Crippen molar-refractivity contribution in [3.63, 3.8) is 0 Å². The van der Waals surface area contributed by atoms with E-state index in [9.17, 15) is 0 Å². The molecule has 0 aromatic heterocycles. The first-order valence-corrected chi connectivity index (χ1v) is 9.26. The first-order valence-electron chi connectivity index (χ1n) is 2.71. The molecule has 0 amide bonds. The molecule has 9 heavy (non-hydrogen) atoms. The molecule has 0 aromatic carbocycles. The molecule has 0 fully saturated rings. The molecule has 0 atom stereocenters. The highest BCUT2D eigenvalue weighted by Crippen LogP contribution is 2.51. The summed E-state index contributed by atoms with van der Waals surface area (Å²) >= 11 is 11.4. The Kier molecular flexibility index (Phi) is 4.01. The van der Waals surface area contributed by atoms with E-state index in [4.69, 9.17) is 22.5 Å². The van der Waals surface area contributed by atoms with Gasteiger partial charge in [0.1, 0.15) is 8.24 Å². The van der Waals surface area contributed by atoms with Crippen LogP contribution >= 0.6 is 29.3 Å². The molecule has 0 aliphatic heterocycles. The van der Waals surface area contributed by atoms with Crippen LogP contribution in [0.5, 0.6) is 0 Å². The Hall–Kier alpha value is 1.19. The van der Waals surface area contributed by atoms with Crippen molar-refractivity contribution in [2.75, 3.05) is 7.05 Å². The maximum absolute atomic E-state index is 5.70. The lowest BCUT2D eigenvalue weighted by molar-refractivity contribution is 0.839. The summed E-state index contributed by atoms with van der Waals surface area (Å²) in [5.41, 5.74) is 0. The molecular weight excluding hydrogens is 192 g/mol. The van der Waals surface area contributed by atoms with Gasteiger partial charge in [0.15, 0.2) is 6.78 Å². The molecule has 0 aromatic rings. The summed E-state index contributed by atoms with van der Waals surface area (Å²) in [6.45, 7) is 5.74. The zero-order valence-electron chi connectivity index (χ0n) is 6.15. The summed E-state index contributed by atoms with van der Waals surface area (Å²) in [5, 5.41) is 0. The first kappa shape index (κ1) is 10.2. The smallest absolute Gasteiger partial charge is 0.153 e. The Balaban J connectivity index is 3.88. The summed E-state index contributed by atoms with van der Waals surface area (Å²) in [6, 6.07) is 0. The van der Waals surface area contributed by atoms with E-state index in [2.05, 4.69) is 24.0 Å². The summed E-state index contributed by atoms with van der Waals surface area (Å²) in [5.74, 6) is 0. The van der Waals surface area contributed by atoms with Crippen LogP contribution in [0.4, 0.5) is 0 Å². The van der Waals surface area contributed by atoms with Crippen LogP contribution in [0.3, 0.4) is 0 Å². The Bertz CT molecular complexity index is 93.1. The van der Waals surface area contributed by atoms with E-state index in [1.807, 2.05) is 7.05 Å². The molecule has 0 rings (SSSR count). The molecule has 0 spiro atoms. The number of nitrogens with zero attached hydrogens (tertiary/aromatic N) is 1. The van der Waals surface area contributed by atoms with Gasteiger partial charge in [-0.15, -0.1) is 0 Å². The van der Waals surface area contributed by atoms with E-state index in [1.54, 1.807) is 0 Å². The topological polar surface area (TPSA) is 3.24 Å². The fraction of sp³-hybridized carbons (Fsp3) is 1.00. The van der Waals surface area contributed by atoms with E-state index in [0.29, 0.717) is 0 Å². The molecule has 56 valence electrons. The Morgan fingerprint density at radius 1 is 1.22 bits per heavy atom. The fourth-order valence-corrected chi connectivity index (χ4v) is 6.12. The lowest BCUT2D eigenvalue weighted by Gasteiger charge is -2.29. The summed E-state index contributed by atoms with van der Waals surface area (Å²) in [6.07, 6.45) is 0. The van der Waals surface area contributed by atoms with E-state index < -0.39 is 15.0 Å². The van der Waals surface area contributed by atoms with Crippen molar-refractivity contribution in [2.45, 2.75) is 19.6 Å². The monoisotopic (exact) mass is 203 g/mol. The molecule has 0 unspecified atom stereocenters. The standard InChI is InChI=1S/C4H12Cl2NPSi/c1-7(8(5)6)9(2,3)4/h1-4H3. The van der Waals surface area contributed by atoms with E-state index >= 15 is 0 Å². The quantitative estimate of drug-likeness (QED) is 0.491. The molecule has 0 bridgehead atoms. The van der Waals surface area contributed by atoms with Gasteiger partial charge in [0.05, 0.1) is 0 Å². The highest BCUT2D eigenvalue weighted by atomic mass is 35.9. The lowest BCUT2D eigenvalue weighted by Crippen LogP contribution is -2.37. The van der Waals surface area contributed by atoms with Crippen molar-refractivity contribution in [3.05, 3.63) is 0 Å². The van der Waals surface area contributed by atoms with Crippen molar-refractivity contribution in [1.82, 2.24) is 4.34 Å². The van der Waals surface area contributed by atoms with Gasteiger partial charge in [0.25, 0.3) is 0 Å². The minimum absolute atomic E-state index is 0.910. The summed E-state index contributed by atoms with van der Waals surface area (Å²) in [7, 11) is 0.759. The van der Waals surface area contributed by atoms with E-state index in [0.717, 1.165) is 0 Å². The van der Waals surface area contributed by atoms with Gasteiger partial charge in [0.2, 0.25) is 0 Å². The van der Waals surface area contributed by atoms with Gasteiger partial charge in [-0.3, -0.25) is 4.34 Å². The van der Waals surface area contributed by atoms with E-state index in [1.165, 1.54) is 0 Å². The summed E-state index contributed by atoms with van der Waals surface area (Å²) in [4.78, 5) is 0. The third-order valence-electron chi connectivity index (χ3n) is 1.20. The first-order chi connectivity index (χ1) is 3.85. The molecule has 0 aliphatic rings. The van der Waals surface area contributed by atoms with Gasteiger partial charge >= 0.3 is 0 Å². The van der Waals surface area contributed by atoms with Gasteiger partial charge in [-0.05, 0) is 7.05 Å². The fourth-order valence-electron chi connectivity index (χ4n) is 0.227. The second kappa shape index (κ2) is 3.54. The highest BCUT2D eigenvalue weighted by molar-refractivity contribution is 8.03. The van der Waals surface area contributed by atoms with Crippen LogP contribution < -0.4 is 0 Å². The Morgan fingerprint density at radius 3 is 1.56 bits per heavy atom. The van der Waals surface area contributed by atoms with Crippen LogP contribution in [0.2, 0.25) is 19.6 Å². The third kappa shape index (κ3) is 3.79. The number of hydrogen-bond acceptors (Lipinski definition) is 1. The Labute approximate surface area is 68.8 Å². The maximum Gasteiger partial charge on any atom is 0.153 e. The number of halogens is 2. The van der Waals surface area contributed by atoms with Crippen LogP contribution in [0.25, 0.3) is 0 Å². The number of rotatable bonds is 2. The van der Waals surface area contributed by atoms with Gasteiger partial charge in [-0.2, -0.15) is 0 Å². The molecule has 0 saturated carbocycles. The predicted molar refractivity (Wildman–Crippen MR) is 49.7 cm³/mol. The van der Waals surface area contributed by atoms with Crippen LogP contribution in [-0.4, -0.2) is 19.6 Å². The van der Waals surface area contributed by atoms with Crippen LogP contribution in [0.15, 0.2) is 0 Å². The Morgan fingerprint density at radius 2 is 1.56 bits per heavy atom. The molecule has 0 saturated heterocycles. The minimum atomic E-state index is -1.23. The normalized spacial score (nSPS) is 13.3. The van der Waals surface area contributed by atoms with Crippen molar-refractivity contribution in [1.29, 1.82) is 0 Å². The van der Waals surface area contributed by atoms with Gasteiger partial charge in [0, 0.05) is 0 Å². The molecule has 0 aliphatic carbocycles. The lowest BCUT2D eigenvalue weighted by atomic mass is 11.6. The molecule has 0 heterocycles. The molecule has 1 nitrogen and oxygen atoms in total. The second-order valence-corrected chi connectivity index (χ2v) is 11.8. The van der Waals surface area contributed by atoms with Crippen molar-refractivity contribution < 1.29 is 0 Å². The van der Waals surface area contributed by atoms with Crippen molar-refractivity contribution in [3.8, 4) is 0 Å². The maximum atomic E-state index is 5.70. The zero-order chi connectivity index (χ0) is 7.65. The van der Waals surface area contributed by atoms with Gasteiger partial charge in [-0.25, -0.2) is 0 Å². The van der Waals surface area contributed by atoms with Gasteiger partial charge in [-0.1, -0.05) is 42.1 Å². The molecule has 5 heteroatoms. The average Bonchev–Trinajstić information content (AvgIpc) is 1.62. The van der Waals surface area contributed by atoms with Crippen LogP contribution in [-0.2, 0) is 0 Å². The van der Waals surface area contributed by atoms with Gasteiger partial charge < -0.3 is 0 Å². The molecule has 0 radical (unpaired) electrons. The van der Waals surface area contributed by atoms with Crippen molar-refractivity contribution >= 4 is 37.5 Å². The number of hydrogen-bond donors (Lipinski definition) is 0. The molecule has 0 N–H and O–H groups in total. The SMILES string of the molecule is CN(P(Cl)Cl)[Si](C)(C)C. The van der Waals surface area contributed by atoms with E-state index in [-0.39, 0.29) is 0 Å². The molecular formula is C4H12Cl2NPSi. The highest BCUT2D eigenvalue weighted by Gasteiger charge is 2.24. The predicted octanol–water partition coefficient (Wildman–Crippen LogP) is 3.46. The second-order valence-electron chi connectivity index (χ2n) is 2.91. The van der Waals surface area contributed by atoms with Crippen LogP contribution in [0, 0.1) is 0 Å². The van der Waals surface area contributed by atoms with Crippen molar-refractivity contribution in [2.24, 2.45) is 0 Å². The van der Waals surface area contributed by atoms with Crippen LogP contribution in [0.1, 0.15) is 0 Å². The summed E-state index contributed by atoms with van der Waals surface area (Å²) < 4.78 is 2.09. The zero-order valence-corrected chi connectivity index (χ0v) is 9.56. The average molecular weight is 204 g/mol.